The van der Waals surface area contributed by atoms with Gasteiger partial charge in [0.1, 0.15) is 11.9 Å². The Balaban J connectivity index is 1.96. The van der Waals surface area contributed by atoms with Crippen LogP contribution >= 0.6 is 0 Å². The minimum absolute atomic E-state index is 0.0494. The van der Waals surface area contributed by atoms with Gasteiger partial charge in [-0.25, -0.2) is 9.67 Å². The number of anilines is 1. The predicted octanol–water partition coefficient (Wildman–Crippen LogP) is 0.358. The lowest BCUT2D eigenvalue weighted by Gasteiger charge is -2.23. The van der Waals surface area contributed by atoms with E-state index in [2.05, 4.69) is 15.1 Å². The number of ether oxygens (including phenoxy) is 1. The SMILES string of the molecule is CO[C@H]1C[C@@H](C(N)=O)N(c2cncc(-n3nc(C)cc3C)n2)C1. The van der Waals surface area contributed by atoms with E-state index in [1.165, 1.54) is 0 Å². The quantitative estimate of drug-likeness (QED) is 0.874. The number of aromatic nitrogens is 4. The molecule has 23 heavy (non-hydrogen) atoms. The number of carbonyl (C=O) groups excluding carboxylic acids is 1. The average Bonchev–Trinajstić information content (AvgIpc) is 3.10. The largest absolute Gasteiger partial charge is 0.380 e. The van der Waals surface area contributed by atoms with Crippen LogP contribution in [0.3, 0.4) is 0 Å². The van der Waals surface area contributed by atoms with E-state index in [0.29, 0.717) is 24.6 Å². The second kappa shape index (κ2) is 5.96. The van der Waals surface area contributed by atoms with Gasteiger partial charge in [0.15, 0.2) is 5.82 Å². The molecule has 122 valence electrons. The molecule has 8 nitrogen and oxygen atoms in total. The molecule has 0 aromatic carbocycles. The highest BCUT2D eigenvalue weighted by Crippen LogP contribution is 2.25. The van der Waals surface area contributed by atoms with E-state index in [0.717, 1.165) is 11.4 Å². The molecule has 1 aliphatic heterocycles. The molecule has 0 spiro atoms. The lowest BCUT2D eigenvalue weighted by atomic mass is 10.2. The summed E-state index contributed by atoms with van der Waals surface area (Å²) in [5, 5.41) is 4.41. The fourth-order valence-electron chi connectivity index (χ4n) is 2.94. The van der Waals surface area contributed by atoms with E-state index in [9.17, 15) is 4.79 Å². The molecule has 2 aromatic rings. The summed E-state index contributed by atoms with van der Waals surface area (Å²) in [7, 11) is 1.63. The van der Waals surface area contributed by atoms with Gasteiger partial charge in [0.2, 0.25) is 5.91 Å². The molecule has 3 rings (SSSR count). The summed E-state index contributed by atoms with van der Waals surface area (Å²) in [5.41, 5.74) is 7.39. The summed E-state index contributed by atoms with van der Waals surface area (Å²) < 4.78 is 7.10. The summed E-state index contributed by atoms with van der Waals surface area (Å²) in [5.74, 6) is 0.818. The number of methoxy groups -OCH3 is 1. The van der Waals surface area contributed by atoms with E-state index in [1.807, 2.05) is 24.8 Å². The lowest BCUT2D eigenvalue weighted by molar-refractivity contribution is -0.119. The zero-order valence-electron chi connectivity index (χ0n) is 13.4. The molecular formula is C15H20N6O2. The molecule has 2 aromatic heterocycles. The van der Waals surface area contributed by atoms with Crippen LogP contribution < -0.4 is 10.6 Å². The van der Waals surface area contributed by atoms with Gasteiger partial charge >= 0.3 is 0 Å². The van der Waals surface area contributed by atoms with Gasteiger partial charge in [0, 0.05) is 25.8 Å². The predicted molar refractivity (Wildman–Crippen MR) is 84.4 cm³/mol. The van der Waals surface area contributed by atoms with Crippen LogP contribution in [0.4, 0.5) is 5.82 Å². The number of amides is 1. The van der Waals surface area contributed by atoms with Crippen LogP contribution in [0, 0.1) is 13.8 Å². The van der Waals surface area contributed by atoms with Crippen molar-refractivity contribution in [3.8, 4) is 5.82 Å². The van der Waals surface area contributed by atoms with E-state index < -0.39 is 6.04 Å². The van der Waals surface area contributed by atoms with Crippen LogP contribution in [0.25, 0.3) is 5.82 Å². The first kappa shape index (κ1) is 15.4. The second-order valence-electron chi connectivity index (χ2n) is 5.74. The van der Waals surface area contributed by atoms with Gasteiger partial charge in [-0.3, -0.25) is 9.78 Å². The monoisotopic (exact) mass is 316 g/mol. The Hall–Kier alpha value is -2.48. The maximum Gasteiger partial charge on any atom is 0.240 e. The van der Waals surface area contributed by atoms with Gasteiger partial charge in [0.05, 0.1) is 24.2 Å². The van der Waals surface area contributed by atoms with Crippen molar-refractivity contribution in [3.63, 3.8) is 0 Å². The second-order valence-corrected chi connectivity index (χ2v) is 5.74. The Kier molecular flexibility index (Phi) is 3.99. The molecule has 1 saturated heterocycles. The Morgan fingerprint density at radius 2 is 2.09 bits per heavy atom. The third kappa shape index (κ3) is 2.89. The fraction of sp³-hybridized carbons (Fsp3) is 0.467. The van der Waals surface area contributed by atoms with Crippen LogP contribution in [0.2, 0.25) is 0 Å². The van der Waals surface area contributed by atoms with E-state index >= 15 is 0 Å². The van der Waals surface area contributed by atoms with Crippen LogP contribution in [0.1, 0.15) is 17.8 Å². The average molecular weight is 316 g/mol. The van der Waals surface area contributed by atoms with Crippen molar-refractivity contribution in [1.29, 1.82) is 0 Å². The number of primary amides is 1. The molecule has 1 amide bonds. The van der Waals surface area contributed by atoms with Crippen LogP contribution in [-0.4, -0.2) is 51.5 Å². The number of hydrogen-bond acceptors (Lipinski definition) is 6. The number of aryl methyl sites for hydroxylation is 2. The van der Waals surface area contributed by atoms with Crippen molar-refractivity contribution in [2.45, 2.75) is 32.4 Å². The first-order valence-corrected chi connectivity index (χ1v) is 7.44. The normalized spacial score (nSPS) is 20.9. The maximum absolute atomic E-state index is 11.7. The van der Waals surface area contributed by atoms with Crippen LogP contribution in [0.5, 0.6) is 0 Å². The summed E-state index contributed by atoms with van der Waals surface area (Å²) in [6.07, 6.45) is 3.78. The first-order valence-electron chi connectivity index (χ1n) is 7.44. The van der Waals surface area contributed by atoms with Crippen molar-refractivity contribution < 1.29 is 9.53 Å². The highest BCUT2D eigenvalue weighted by molar-refractivity contribution is 5.84. The molecule has 0 unspecified atom stereocenters. The zero-order chi connectivity index (χ0) is 16.6. The Labute approximate surface area is 134 Å². The highest BCUT2D eigenvalue weighted by atomic mass is 16.5. The van der Waals surface area contributed by atoms with Gasteiger partial charge in [0.25, 0.3) is 0 Å². The summed E-state index contributed by atoms with van der Waals surface area (Å²) in [6, 6.07) is 1.53. The van der Waals surface area contributed by atoms with Gasteiger partial charge in [-0.15, -0.1) is 0 Å². The van der Waals surface area contributed by atoms with Crippen molar-refractivity contribution in [2.75, 3.05) is 18.6 Å². The van der Waals surface area contributed by atoms with E-state index in [-0.39, 0.29) is 12.0 Å². The Morgan fingerprint density at radius 3 is 2.70 bits per heavy atom. The number of rotatable bonds is 4. The molecule has 3 heterocycles. The molecule has 0 aliphatic carbocycles. The molecule has 2 N–H and O–H groups in total. The summed E-state index contributed by atoms with van der Waals surface area (Å²) >= 11 is 0. The zero-order valence-corrected chi connectivity index (χ0v) is 13.4. The van der Waals surface area contributed by atoms with E-state index in [1.54, 1.807) is 24.2 Å². The molecule has 8 heteroatoms. The third-order valence-electron chi connectivity index (χ3n) is 4.05. The van der Waals surface area contributed by atoms with Gasteiger partial charge < -0.3 is 15.4 Å². The first-order chi connectivity index (χ1) is 11.0. The van der Waals surface area contributed by atoms with Gasteiger partial charge in [-0.05, 0) is 19.9 Å². The number of nitrogens with two attached hydrogens (primary N) is 1. The van der Waals surface area contributed by atoms with Crippen molar-refractivity contribution >= 4 is 11.7 Å². The highest BCUT2D eigenvalue weighted by Gasteiger charge is 2.36. The topological polar surface area (TPSA) is 99.2 Å². The third-order valence-corrected chi connectivity index (χ3v) is 4.05. The minimum Gasteiger partial charge on any atom is -0.380 e. The van der Waals surface area contributed by atoms with Crippen molar-refractivity contribution in [1.82, 2.24) is 19.7 Å². The van der Waals surface area contributed by atoms with Crippen LogP contribution in [0.15, 0.2) is 18.5 Å². The Bertz CT molecular complexity index is 729. The number of carbonyl (C=O) groups is 1. The summed E-state index contributed by atoms with van der Waals surface area (Å²) in [4.78, 5) is 22.4. The van der Waals surface area contributed by atoms with Gasteiger partial charge in [-0.1, -0.05) is 0 Å². The van der Waals surface area contributed by atoms with Gasteiger partial charge in [-0.2, -0.15) is 5.10 Å². The summed E-state index contributed by atoms with van der Waals surface area (Å²) in [6.45, 7) is 4.43. The maximum atomic E-state index is 11.7. The van der Waals surface area contributed by atoms with Crippen LogP contribution in [-0.2, 0) is 9.53 Å². The molecule has 0 radical (unpaired) electrons. The van der Waals surface area contributed by atoms with E-state index in [4.69, 9.17) is 10.5 Å². The number of hydrogen-bond donors (Lipinski definition) is 1. The minimum atomic E-state index is -0.440. The number of nitrogens with zero attached hydrogens (tertiary/aromatic N) is 5. The standard InChI is InChI=1S/C15H20N6O2/c1-9-4-10(2)21(19-9)14-7-17-6-13(18-14)20-8-11(23-3)5-12(20)15(16)22/h4,6-7,11-12H,5,8H2,1-3H3,(H2,16,22)/t11-,12-/m0/s1. The molecule has 0 bridgehead atoms. The molecule has 1 fully saturated rings. The van der Waals surface area contributed by atoms with Crippen molar-refractivity contribution in [2.24, 2.45) is 5.73 Å². The molecule has 2 atom stereocenters. The van der Waals surface area contributed by atoms with Crippen molar-refractivity contribution in [3.05, 3.63) is 29.8 Å². The molecular weight excluding hydrogens is 296 g/mol. The lowest BCUT2D eigenvalue weighted by Crippen LogP contribution is -2.40. The fourth-order valence-corrected chi connectivity index (χ4v) is 2.94. The molecule has 1 aliphatic rings. The Morgan fingerprint density at radius 1 is 1.35 bits per heavy atom. The molecule has 0 saturated carbocycles. The smallest absolute Gasteiger partial charge is 0.240 e.